The first-order chi connectivity index (χ1) is 9.33. The van der Waals surface area contributed by atoms with Crippen LogP contribution in [-0.4, -0.2) is 13.4 Å². The van der Waals surface area contributed by atoms with Gasteiger partial charge in [-0.05, 0) is 44.0 Å². The van der Waals surface area contributed by atoms with Gasteiger partial charge in [-0.1, -0.05) is 22.9 Å². The van der Waals surface area contributed by atoms with E-state index in [0.29, 0.717) is 5.13 Å². The highest BCUT2D eigenvalue weighted by Gasteiger charge is 2.17. The maximum atomic E-state index is 12.3. The summed E-state index contributed by atoms with van der Waals surface area (Å²) in [6.07, 6.45) is 0.793. The standard InChI is InChI=1S/C13H15BrN2O2S2/c1-4-12-9(3)19-13(15-12)16-20(17,18)10-5-6-11(14)8(2)7-10/h5-7H,4H2,1-3H3,(H,15,16). The van der Waals surface area contributed by atoms with Gasteiger partial charge in [-0.3, -0.25) is 4.72 Å². The quantitative estimate of drug-likeness (QED) is 0.882. The van der Waals surface area contributed by atoms with Gasteiger partial charge in [0.1, 0.15) is 0 Å². The molecule has 0 unspecified atom stereocenters. The minimum atomic E-state index is -3.59. The van der Waals surface area contributed by atoms with Crippen molar-refractivity contribution >= 4 is 42.4 Å². The Morgan fingerprint density at radius 3 is 2.60 bits per heavy atom. The summed E-state index contributed by atoms with van der Waals surface area (Å²) < 4.78 is 28.1. The van der Waals surface area contributed by atoms with E-state index < -0.39 is 10.0 Å². The molecule has 1 aromatic carbocycles. The van der Waals surface area contributed by atoms with E-state index in [2.05, 4.69) is 25.6 Å². The number of nitrogens with one attached hydrogen (secondary N) is 1. The highest BCUT2D eigenvalue weighted by Crippen LogP contribution is 2.26. The van der Waals surface area contributed by atoms with Crippen LogP contribution in [-0.2, 0) is 16.4 Å². The molecule has 0 aliphatic heterocycles. The van der Waals surface area contributed by atoms with Crippen molar-refractivity contribution in [1.82, 2.24) is 4.98 Å². The van der Waals surface area contributed by atoms with Crippen molar-refractivity contribution in [1.29, 1.82) is 0 Å². The van der Waals surface area contributed by atoms with Crippen LogP contribution >= 0.6 is 27.3 Å². The number of aryl methyl sites for hydroxylation is 3. The zero-order valence-corrected chi connectivity index (χ0v) is 14.6. The second-order valence-electron chi connectivity index (χ2n) is 4.39. The number of hydrogen-bond donors (Lipinski definition) is 1. The molecule has 20 heavy (non-hydrogen) atoms. The van der Waals surface area contributed by atoms with Crippen molar-refractivity contribution in [3.05, 3.63) is 38.8 Å². The molecule has 1 aromatic heterocycles. The van der Waals surface area contributed by atoms with Gasteiger partial charge in [-0.25, -0.2) is 13.4 Å². The molecular weight excluding hydrogens is 360 g/mol. The van der Waals surface area contributed by atoms with Gasteiger partial charge < -0.3 is 0 Å². The van der Waals surface area contributed by atoms with Crippen LogP contribution in [0.25, 0.3) is 0 Å². The molecule has 0 aliphatic carbocycles. The molecule has 0 radical (unpaired) electrons. The van der Waals surface area contributed by atoms with Crippen LogP contribution in [0, 0.1) is 13.8 Å². The van der Waals surface area contributed by atoms with E-state index in [4.69, 9.17) is 0 Å². The van der Waals surface area contributed by atoms with Gasteiger partial charge in [0.15, 0.2) is 5.13 Å². The maximum Gasteiger partial charge on any atom is 0.263 e. The molecule has 108 valence electrons. The van der Waals surface area contributed by atoms with Crippen LogP contribution < -0.4 is 4.72 Å². The largest absolute Gasteiger partial charge is 0.263 e. The van der Waals surface area contributed by atoms with Crippen molar-refractivity contribution in [2.24, 2.45) is 0 Å². The van der Waals surface area contributed by atoms with Gasteiger partial charge in [0, 0.05) is 9.35 Å². The van der Waals surface area contributed by atoms with Gasteiger partial charge in [-0.15, -0.1) is 11.3 Å². The Morgan fingerprint density at radius 1 is 1.35 bits per heavy atom. The third kappa shape index (κ3) is 3.21. The van der Waals surface area contributed by atoms with E-state index in [9.17, 15) is 8.42 Å². The number of hydrogen-bond acceptors (Lipinski definition) is 4. The van der Waals surface area contributed by atoms with E-state index in [0.717, 1.165) is 27.0 Å². The number of halogens is 1. The Kier molecular flexibility index (Phi) is 4.51. The Labute approximate surface area is 131 Å². The van der Waals surface area contributed by atoms with Gasteiger partial charge in [0.2, 0.25) is 0 Å². The van der Waals surface area contributed by atoms with E-state index in [1.807, 2.05) is 20.8 Å². The van der Waals surface area contributed by atoms with Gasteiger partial charge >= 0.3 is 0 Å². The molecule has 7 heteroatoms. The minimum absolute atomic E-state index is 0.240. The van der Waals surface area contributed by atoms with Crippen LogP contribution in [0.2, 0.25) is 0 Å². The Bertz CT molecular complexity index is 739. The van der Waals surface area contributed by atoms with Crippen molar-refractivity contribution in [3.63, 3.8) is 0 Å². The molecule has 1 heterocycles. The van der Waals surface area contributed by atoms with Gasteiger partial charge in [-0.2, -0.15) is 0 Å². The van der Waals surface area contributed by atoms with Crippen LogP contribution in [0.4, 0.5) is 5.13 Å². The number of sulfonamides is 1. The lowest BCUT2D eigenvalue weighted by Gasteiger charge is -2.06. The van der Waals surface area contributed by atoms with Crippen LogP contribution in [0.15, 0.2) is 27.6 Å². The average molecular weight is 375 g/mol. The number of thiazole rings is 1. The van der Waals surface area contributed by atoms with E-state index >= 15 is 0 Å². The zero-order valence-electron chi connectivity index (χ0n) is 11.4. The Morgan fingerprint density at radius 2 is 2.05 bits per heavy atom. The molecular formula is C13H15BrN2O2S2. The third-order valence-electron chi connectivity index (χ3n) is 2.89. The summed E-state index contributed by atoms with van der Waals surface area (Å²) in [7, 11) is -3.59. The summed E-state index contributed by atoms with van der Waals surface area (Å²) in [6, 6.07) is 4.93. The van der Waals surface area contributed by atoms with Gasteiger partial charge in [0.25, 0.3) is 10.0 Å². The summed E-state index contributed by atoms with van der Waals surface area (Å²) >= 11 is 4.72. The van der Waals surface area contributed by atoms with Crippen molar-refractivity contribution in [3.8, 4) is 0 Å². The topological polar surface area (TPSA) is 59.1 Å². The molecule has 4 nitrogen and oxygen atoms in total. The van der Waals surface area contributed by atoms with Gasteiger partial charge in [0.05, 0.1) is 10.6 Å². The second kappa shape index (κ2) is 5.83. The minimum Gasteiger partial charge on any atom is -0.255 e. The van der Waals surface area contributed by atoms with Crippen LogP contribution in [0.5, 0.6) is 0 Å². The lowest BCUT2D eigenvalue weighted by atomic mass is 10.2. The van der Waals surface area contributed by atoms with E-state index in [1.165, 1.54) is 11.3 Å². The van der Waals surface area contributed by atoms with E-state index in [-0.39, 0.29) is 4.90 Å². The number of rotatable bonds is 4. The average Bonchev–Trinajstić information content (AvgIpc) is 2.71. The maximum absolute atomic E-state index is 12.3. The van der Waals surface area contributed by atoms with E-state index in [1.54, 1.807) is 18.2 Å². The normalized spacial score (nSPS) is 11.6. The first kappa shape index (κ1) is 15.5. The number of aromatic nitrogens is 1. The molecule has 2 rings (SSSR count). The summed E-state index contributed by atoms with van der Waals surface area (Å²) in [5, 5.41) is 0.417. The fourth-order valence-corrected chi connectivity index (χ4v) is 4.23. The second-order valence-corrected chi connectivity index (χ2v) is 8.13. The predicted molar refractivity (Wildman–Crippen MR) is 85.9 cm³/mol. The molecule has 0 spiro atoms. The van der Waals surface area contributed by atoms with Crippen molar-refractivity contribution < 1.29 is 8.42 Å². The van der Waals surface area contributed by atoms with Crippen LogP contribution in [0.1, 0.15) is 23.1 Å². The van der Waals surface area contributed by atoms with Crippen LogP contribution in [0.3, 0.4) is 0 Å². The molecule has 0 bridgehead atoms. The number of benzene rings is 1. The molecule has 1 N–H and O–H groups in total. The lowest BCUT2D eigenvalue weighted by molar-refractivity contribution is 0.601. The van der Waals surface area contributed by atoms with Crippen molar-refractivity contribution in [2.45, 2.75) is 32.1 Å². The zero-order chi connectivity index (χ0) is 14.9. The highest BCUT2D eigenvalue weighted by atomic mass is 79.9. The summed E-state index contributed by atoms with van der Waals surface area (Å²) in [5.74, 6) is 0. The summed E-state index contributed by atoms with van der Waals surface area (Å²) in [5.41, 5.74) is 1.80. The third-order valence-corrected chi connectivity index (χ3v) is 6.17. The number of nitrogens with zero attached hydrogens (tertiary/aromatic N) is 1. The lowest BCUT2D eigenvalue weighted by Crippen LogP contribution is -2.13. The summed E-state index contributed by atoms with van der Waals surface area (Å²) in [4.78, 5) is 5.58. The molecule has 0 saturated heterocycles. The smallest absolute Gasteiger partial charge is 0.255 e. The number of anilines is 1. The molecule has 0 aliphatic rings. The Balaban J connectivity index is 2.32. The fraction of sp³-hybridized carbons (Fsp3) is 0.308. The predicted octanol–water partition coefficient (Wildman–Crippen LogP) is 3.89. The fourth-order valence-electron chi connectivity index (χ4n) is 1.76. The molecule has 0 amide bonds. The first-order valence-corrected chi connectivity index (χ1v) is 9.18. The first-order valence-electron chi connectivity index (χ1n) is 6.08. The molecule has 2 aromatic rings. The van der Waals surface area contributed by atoms with Crippen molar-refractivity contribution in [2.75, 3.05) is 4.72 Å². The SMILES string of the molecule is CCc1nc(NS(=O)(=O)c2ccc(Br)c(C)c2)sc1C. The molecule has 0 atom stereocenters. The monoisotopic (exact) mass is 374 g/mol. The Hall–Kier alpha value is -0.920. The molecule has 0 fully saturated rings. The molecule has 0 saturated carbocycles. The highest BCUT2D eigenvalue weighted by molar-refractivity contribution is 9.10. The summed E-state index contributed by atoms with van der Waals surface area (Å²) in [6.45, 7) is 5.79.